The van der Waals surface area contributed by atoms with Crippen molar-refractivity contribution >= 4 is 5.97 Å². The van der Waals surface area contributed by atoms with Gasteiger partial charge in [0.2, 0.25) is 0 Å². The van der Waals surface area contributed by atoms with Crippen LogP contribution in [0.3, 0.4) is 0 Å². The second-order valence-corrected chi connectivity index (χ2v) is 1.09. The van der Waals surface area contributed by atoms with Crippen molar-refractivity contribution in [2.24, 2.45) is 0 Å². The topological polar surface area (TPSA) is 66.8 Å². The molecule has 0 aromatic carbocycles. The van der Waals surface area contributed by atoms with Gasteiger partial charge in [0.1, 0.15) is 0 Å². The van der Waals surface area contributed by atoms with E-state index in [-0.39, 0.29) is 0 Å². The molecule has 0 bridgehead atoms. The molecule has 0 saturated heterocycles. The Labute approximate surface area is 40.3 Å². The molecule has 2 N–H and O–H groups in total. The highest BCUT2D eigenvalue weighted by atomic mass is 17.1. The van der Waals surface area contributed by atoms with Crippen LogP contribution in [0.4, 0.5) is 0 Å². The van der Waals surface area contributed by atoms with Crippen LogP contribution in [0, 0.1) is 0 Å². The van der Waals surface area contributed by atoms with Gasteiger partial charge in [-0.15, -0.1) is 0 Å². The summed E-state index contributed by atoms with van der Waals surface area (Å²) in [4.78, 5) is 12.9. The molecule has 0 saturated carbocycles. The molecule has 0 aromatic heterocycles. The molecule has 0 aliphatic carbocycles. The SMILES string of the molecule is CC(O)C(=O)OO. The first kappa shape index (κ1) is 6.39. The van der Waals surface area contributed by atoms with E-state index in [1.807, 2.05) is 0 Å². The quantitative estimate of drug-likeness (QED) is 0.345. The number of rotatable bonds is 1. The Morgan fingerprint density at radius 2 is 2.29 bits per heavy atom. The summed E-state index contributed by atoms with van der Waals surface area (Å²) in [6.45, 7) is 1.19. The molecule has 0 spiro atoms. The lowest BCUT2D eigenvalue weighted by Crippen LogP contribution is -2.17. The molecular formula is C3H6O4. The van der Waals surface area contributed by atoms with Crippen molar-refractivity contribution in [3.63, 3.8) is 0 Å². The maximum absolute atomic E-state index is 9.79. The van der Waals surface area contributed by atoms with Crippen molar-refractivity contribution in [2.45, 2.75) is 13.0 Å². The van der Waals surface area contributed by atoms with Crippen molar-refractivity contribution in [3.05, 3.63) is 0 Å². The van der Waals surface area contributed by atoms with Crippen LogP contribution in [0.25, 0.3) is 0 Å². The van der Waals surface area contributed by atoms with E-state index in [4.69, 9.17) is 10.4 Å². The first-order chi connectivity index (χ1) is 3.18. The van der Waals surface area contributed by atoms with Gasteiger partial charge in [-0.25, -0.2) is 4.79 Å². The Bertz CT molecular complexity index is 67.3. The number of hydrogen-bond donors (Lipinski definition) is 2. The normalized spacial score (nSPS) is 13.0. The lowest BCUT2D eigenvalue weighted by atomic mass is 10.4. The molecule has 0 rings (SSSR count). The van der Waals surface area contributed by atoms with Crippen LogP contribution in [0.1, 0.15) is 6.92 Å². The molecule has 0 fully saturated rings. The van der Waals surface area contributed by atoms with Crippen molar-refractivity contribution in [1.82, 2.24) is 0 Å². The first-order valence-electron chi connectivity index (χ1n) is 1.72. The largest absolute Gasteiger partial charge is 0.382 e. The van der Waals surface area contributed by atoms with Gasteiger partial charge in [0.15, 0.2) is 6.10 Å². The molecule has 7 heavy (non-hydrogen) atoms. The van der Waals surface area contributed by atoms with Crippen molar-refractivity contribution in [1.29, 1.82) is 0 Å². The second kappa shape index (κ2) is 2.54. The number of carbonyl (C=O) groups excluding carboxylic acids is 1. The van der Waals surface area contributed by atoms with Crippen LogP contribution < -0.4 is 0 Å². The van der Waals surface area contributed by atoms with Gasteiger partial charge in [-0.3, -0.25) is 4.89 Å². The molecule has 0 aromatic rings. The summed E-state index contributed by atoms with van der Waals surface area (Å²) in [7, 11) is 0. The van der Waals surface area contributed by atoms with Gasteiger partial charge in [-0.05, 0) is 6.92 Å². The van der Waals surface area contributed by atoms with E-state index in [0.29, 0.717) is 0 Å². The Kier molecular flexibility index (Phi) is 2.32. The summed E-state index contributed by atoms with van der Waals surface area (Å²) in [5.74, 6) is -1.04. The summed E-state index contributed by atoms with van der Waals surface area (Å²) >= 11 is 0. The second-order valence-electron chi connectivity index (χ2n) is 1.09. The Balaban J connectivity index is 3.35. The summed E-state index contributed by atoms with van der Waals surface area (Å²) in [6.07, 6.45) is -1.25. The van der Waals surface area contributed by atoms with Crippen LogP contribution in [0.2, 0.25) is 0 Å². The minimum Gasteiger partial charge on any atom is -0.382 e. The zero-order chi connectivity index (χ0) is 5.86. The molecule has 0 heterocycles. The van der Waals surface area contributed by atoms with Crippen molar-refractivity contribution in [3.8, 4) is 0 Å². The number of aliphatic hydroxyl groups excluding tert-OH is 1. The zero-order valence-corrected chi connectivity index (χ0v) is 3.79. The summed E-state index contributed by atoms with van der Waals surface area (Å²) in [6, 6.07) is 0. The van der Waals surface area contributed by atoms with Crippen LogP contribution in [0.15, 0.2) is 0 Å². The van der Waals surface area contributed by atoms with Crippen LogP contribution >= 0.6 is 0 Å². The zero-order valence-electron chi connectivity index (χ0n) is 3.79. The lowest BCUT2D eigenvalue weighted by Gasteiger charge is -1.94. The molecule has 4 nitrogen and oxygen atoms in total. The molecule has 1 atom stereocenters. The number of hydrogen-bond acceptors (Lipinski definition) is 4. The van der Waals surface area contributed by atoms with E-state index < -0.39 is 12.1 Å². The molecule has 0 aliphatic heterocycles. The third-order valence-corrected chi connectivity index (χ3v) is 0.431. The fraction of sp³-hybridized carbons (Fsp3) is 0.667. The fourth-order valence-electron chi connectivity index (χ4n) is 0.0763. The summed E-state index contributed by atoms with van der Waals surface area (Å²) in [5, 5.41) is 15.7. The van der Waals surface area contributed by atoms with Crippen LogP contribution in [-0.2, 0) is 9.68 Å². The summed E-state index contributed by atoms with van der Waals surface area (Å²) < 4.78 is 0. The minimum atomic E-state index is -1.25. The number of carbonyl (C=O) groups is 1. The predicted octanol–water partition coefficient (Wildman–Crippen LogP) is -0.617. The highest BCUT2D eigenvalue weighted by molar-refractivity contribution is 5.72. The van der Waals surface area contributed by atoms with Gasteiger partial charge in [0, 0.05) is 0 Å². The highest BCUT2D eigenvalue weighted by Gasteiger charge is 2.07. The molecular weight excluding hydrogens is 100 g/mol. The van der Waals surface area contributed by atoms with Gasteiger partial charge in [0.05, 0.1) is 0 Å². The highest BCUT2D eigenvalue weighted by Crippen LogP contribution is 1.80. The van der Waals surface area contributed by atoms with E-state index in [1.54, 1.807) is 0 Å². The predicted molar refractivity (Wildman–Crippen MR) is 20.4 cm³/mol. The molecule has 42 valence electrons. The Hall–Kier alpha value is -0.610. The van der Waals surface area contributed by atoms with Gasteiger partial charge in [-0.1, -0.05) is 0 Å². The molecule has 0 radical (unpaired) electrons. The molecule has 0 amide bonds. The Morgan fingerprint density at radius 3 is 2.29 bits per heavy atom. The smallest absolute Gasteiger partial charge is 0.369 e. The van der Waals surface area contributed by atoms with Gasteiger partial charge in [0.25, 0.3) is 0 Å². The van der Waals surface area contributed by atoms with Crippen molar-refractivity contribution < 1.29 is 20.0 Å². The Morgan fingerprint density at radius 1 is 1.86 bits per heavy atom. The van der Waals surface area contributed by atoms with E-state index in [9.17, 15) is 4.79 Å². The third-order valence-electron chi connectivity index (χ3n) is 0.431. The number of aliphatic hydroxyl groups is 1. The molecule has 1 unspecified atom stereocenters. The molecule has 4 heteroatoms. The third kappa shape index (κ3) is 2.13. The van der Waals surface area contributed by atoms with Gasteiger partial charge in [-0.2, -0.15) is 5.26 Å². The maximum Gasteiger partial charge on any atom is 0.369 e. The maximum atomic E-state index is 9.79. The molecule has 0 aliphatic rings. The standard InChI is InChI=1S/C3H6O4/c1-2(4)3(5)7-6/h2,4,6H,1H3. The van der Waals surface area contributed by atoms with E-state index in [1.165, 1.54) is 6.92 Å². The lowest BCUT2D eigenvalue weighted by molar-refractivity contribution is -0.241. The monoisotopic (exact) mass is 106 g/mol. The van der Waals surface area contributed by atoms with Gasteiger partial charge >= 0.3 is 5.97 Å². The average molecular weight is 106 g/mol. The van der Waals surface area contributed by atoms with E-state index >= 15 is 0 Å². The first-order valence-corrected chi connectivity index (χ1v) is 1.72. The van der Waals surface area contributed by atoms with Gasteiger partial charge < -0.3 is 5.11 Å². The minimum absolute atomic E-state index is 1.04. The van der Waals surface area contributed by atoms with Crippen LogP contribution in [0.5, 0.6) is 0 Å². The fourth-order valence-corrected chi connectivity index (χ4v) is 0.0763. The van der Waals surface area contributed by atoms with Crippen LogP contribution in [-0.4, -0.2) is 22.4 Å². The summed E-state index contributed by atoms with van der Waals surface area (Å²) in [5.41, 5.74) is 0. The van der Waals surface area contributed by atoms with Crippen molar-refractivity contribution in [2.75, 3.05) is 0 Å². The average Bonchev–Trinajstić information content (AvgIpc) is 1.65. The van der Waals surface area contributed by atoms with E-state index in [2.05, 4.69) is 4.89 Å². The van der Waals surface area contributed by atoms with E-state index in [0.717, 1.165) is 0 Å².